The third-order valence-corrected chi connectivity index (χ3v) is 7.54. The number of imidazole rings is 1. The summed E-state index contributed by atoms with van der Waals surface area (Å²) in [6, 6.07) is 3.62. The van der Waals surface area contributed by atoms with Crippen LogP contribution < -0.4 is 10.6 Å². The minimum absolute atomic E-state index is 0. The summed E-state index contributed by atoms with van der Waals surface area (Å²) < 4.78 is 41.5. The number of nitrogens with one attached hydrogen (secondary N) is 2. The molecule has 37 heavy (non-hydrogen) atoms. The molecular weight excluding hydrogens is 482 g/mol. The second kappa shape index (κ2) is 10.5. The molecule has 0 atom stereocenters. The molecule has 2 aliphatic carbocycles. The summed E-state index contributed by atoms with van der Waals surface area (Å²) in [4.78, 5) is 13.9. The lowest BCUT2D eigenvalue weighted by molar-refractivity contribution is -0.177. The number of benzene rings is 1. The fourth-order valence-electron chi connectivity index (χ4n) is 5.59. The Hall–Kier alpha value is -2.89. The van der Waals surface area contributed by atoms with Gasteiger partial charge in [-0.05, 0) is 50.7 Å². The van der Waals surface area contributed by atoms with E-state index in [2.05, 4.69) is 20.6 Å². The average Bonchev–Trinajstić information content (AvgIpc) is 3.47. The highest BCUT2D eigenvalue weighted by Gasteiger charge is 2.40. The lowest BCUT2D eigenvalue weighted by Crippen LogP contribution is -2.39. The minimum Gasteiger partial charge on any atom is -0.393 e. The Bertz CT molecular complexity index is 1230. The summed E-state index contributed by atoms with van der Waals surface area (Å²) in [6.45, 7) is 1.30. The molecule has 0 amide bonds. The Labute approximate surface area is 214 Å². The molecule has 0 radical (unpaired) electrons. The number of nitrogens with zero attached hydrogens (tertiary/aromatic N) is 4. The molecule has 3 fully saturated rings. The van der Waals surface area contributed by atoms with Crippen LogP contribution in [-0.2, 0) is 9.47 Å². The minimum atomic E-state index is -0.702. The average molecular weight is 517 g/mol. The van der Waals surface area contributed by atoms with E-state index in [1.807, 2.05) is 4.57 Å². The molecule has 3 N–H and O–H groups in total. The first-order valence-electron chi connectivity index (χ1n) is 12.7. The molecule has 0 bridgehead atoms. The molecule has 11 heteroatoms. The Morgan fingerprint density at radius 1 is 1.00 bits per heavy atom. The van der Waals surface area contributed by atoms with Gasteiger partial charge in [0, 0.05) is 31.0 Å². The normalized spacial score (nSPS) is 23.8. The summed E-state index contributed by atoms with van der Waals surface area (Å²) in [5, 5.41) is 16.5. The zero-order valence-electron chi connectivity index (χ0n) is 19.9. The first kappa shape index (κ1) is 25.7. The molecule has 3 aliphatic rings. The molecule has 2 aromatic heterocycles. The molecule has 3 heterocycles. The van der Waals surface area contributed by atoms with Crippen LogP contribution in [0.2, 0.25) is 0 Å². The molecule has 1 aromatic carbocycles. The van der Waals surface area contributed by atoms with Gasteiger partial charge in [0.05, 0.1) is 31.2 Å². The third-order valence-electron chi connectivity index (χ3n) is 7.54. The molecule has 1 aliphatic heterocycles. The predicted molar refractivity (Wildman–Crippen MR) is 136 cm³/mol. The van der Waals surface area contributed by atoms with Crippen molar-refractivity contribution >= 4 is 28.7 Å². The summed E-state index contributed by atoms with van der Waals surface area (Å²) in [7, 11) is 0. The van der Waals surface area contributed by atoms with Crippen LogP contribution in [0.15, 0.2) is 24.4 Å². The van der Waals surface area contributed by atoms with Crippen LogP contribution in [0.3, 0.4) is 0 Å². The second-order valence-electron chi connectivity index (χ2n) is 9.95. The third kappa shape index (κ3) is 5.25. The Morgan fingerprint density at radius 3 is 2.43 bits per heavy atom. The van der Waals surface area contributed by atoms with Gasteiger partial charge < -0.3 is 25.2 Å². The molecule has 1 saturated heterocycles. The van der Waals surface area contributed by atoms with E-state index < -0.39 is 17.4 Å². The fourth-order valence-corrected chi connectivity index (χ4v) is 5.59. The van der Waals surface area contributed by atoms with E-state index in [0.29, 0.717) is 49.1 Å². The van der Waals surface area contributed by atoms with E-state index in [1.165, 1.54) is 12.1 Å². The number of aromatic nitrogens is 4. The van der Waals surface area contributed by atoms with Gasteiger partial charge in [-0.25, -0.2) is 18.7 Å². The molecule has 0 unspecified atom stereocenters. The Kier molecular flexibility index (Phi) is 7.28. The molecule has 1 spiro atoms. The molecule has 2 saturated carbocycles. The maximum absolute atomic E-state index is 14.4. The number of hydrogen-bond acceptors (Lipinski definition) is 8. The predicted octanol–water partition coefficient (Wildman–Crippen LogP) is 5.06. The SMILES string of the molecule is C.OC1CCC(n2c(Nc3ccc(F)cc3F)nc3cnc(NC4CCC5(CC4)OCCO5)nc32)CC1. The number of aliphatic hydroxyl groups is 1. The summed E-state index contributed by atoms with van der Waals surface area (Å²) in [6.07, 6.45) is 7.58. The monoisotopic (exact) mass is 516 g/mol. The van der Waals surface area contributed by atoms with Gasteiger partial charge >= 0.3 is 0 Å². The lowest BCUT2D eigenvalue weighted by atomic mass is 9.90. The molecule has 9 nitrogen and oxygen atoms in total. The quantitative estimate of drug-likeness (QED) is 0.432. The molecule has 200 valence electrons. The number of halogens is 2. The van der Waals surface area contributed by atoms with Crippen LogP contribution in [0, 0.1) is 11.6 Å². The van der Waals surface area contributed by atoms with Gasteiger partial charge in [0.1, 0.15) is 17.2 Å². The van der Waals surface area contributed by atoms with Gasteiger partial charge in [0.25, 0.3) is 0 Å². The van der Waals surface area contributed by atoms with Crippen molar-refractivity contribution in [3.05, 3.63) is 36.0 Å². The lowest BCUT2D eigenvalue weighted by Gasteiger charge is -2.35. The van der Waals surface area contributed by atoms with E-state index in [-0.39, 0.29) is 31.3 Å². The van der Waals surface area contributed by atoms with Crippen molar-refractivity contribution in [1.29, 1.82) is 0 Å². The highest BCUT2D eigenvalue weighted by molar-refractivity contribution is 5.76. The van der Waals surface area contributed by atoms with E-state index in [0.717, 1.165) is 44.6 Å². The summed E-state index contributed by atoms with van der Waals surface area (Å²) >= 11 is 0. The maximum atomic E-state index is 14.4. The highest BCUT2D eigenvalue weighted by atomic mass is 19.1. The number of rotatable bonds is 5. The zero-order valence-corrected chi connectivity index (χ0v) is 19.9. The fraction of sp³-hybridized carbons (Fsp3) is 0.577. The first-order valence-corrected chi connectivity index (χ1v) is 12.7. The topological polar surface area (TPSA) is 106 Å². The van der Waals surface area contributed by atoms with Crippen molar-refractivity contribution in [1.82, 2.24) is 19.5 Å². The van der Waals surface area contributed by atoms with Gasteiger partial charge in [0.2, 0.25) is 11.9 Å². The van der Waals surface area contributed by atoms with E-state index >= 15 is 0 Å². The van der Waals surface area contributed by atoms with Gasteiger partial charge in [-0.3, -0.25) is 4.57 Å². The van der Waals surface area contributed by atoms with Crippen LogP contribution in [-0.4, -0.2) is 55.8 Å². The number of anilines is 3. The molecular formula is C26H34F2N6O3. The van der Waals surface area contributed by atoms with Crippen LogP contribution in [0.25, 0.3) is 11.2 Å². The standard InChI is InChI=1S/C25H30F2N6O3.CH4/c26-15-1-6-20(19(27)13-15)30-24-31-21-14-28-23(29-16-7-9-25(10-8-16)35-11-12-36-25)32-22(21)33(24)17-2-4-18(34)5-3-17;/h1,6,13-14,16-18,34H,2-5,7-12H2,(H,30,31)(H,28,29,32);1H4. The highest BCUT2D eigenvalue weighted by Crippen LogP contribution is 2.38. The molecule has 6 rings (SSSR count). The number of fused-ring (bicyclic) bond motifs is 1. The smallest absolute Gasteiger partial charge is 0.224 e. The van der Waals surface area contributed by atoms with Gasteiger partial charge in [-0.2, -0.15) is 4.98 Å². The van der Waals surface area contributed by atoms with Crippen molar-refractivity contribution in [3.63, 3.8) is 0 Å². The molecule has 3 aromatic rings. The largest absolute Gasteiger partial charge is 0.393 e. The number of ether oxygens (including phenoxy) is 2. The maximum Gasteiger partial charge on any atom is 0.224 e. The van der Waals surface area contributed by atoms with Crippen LogP contribution in [0.1, 0.15) is 64.8 Å². The number of hydrogen-bond donors (Lipinski definition) is 3. The van der Waals surface area contributed by atoms with Crippen LogP contribution in [0.5, 0.6) is 0 Å². The van der Waals surface area contributed by atoms with Crippen LogP contribution >= 0.6 is 0 Å². The first-order chi connectivity index (χ1) is 17.5. The number of aliphatic hydroxyl groups excluding tert-OH is 1. The Balaban J connectivity index is 0.00000280. The van der Waals surface area contributed by atoms with E-state index in [9.17, 15) is 13.9 Å². The van der Waals surface area contributed by atoms with Crippen molar-refractivity contribution < 1.29 is 23.4 Å². The zero-order chi connectivity index (χ0) is 24.7. The van der Waals surface area contributed by atoms with E-state index in [4.69, 9.17) is 14.5 Å². The summed E-state index contributed by atoms with van der Waals surface area (Å²) in [5.74, 6) is -0.851. The van der Waals surface area contributed by atoms with Crippen molar-refractivity contribution in [2.24, 2.45) is 0 Å². The van der Waals surface area contributed by atoms with Crippen molar-refractivity contribution in [3.8, 4) is 0 Å². The van der Waals surface area contributed by atoms with Crippen molar-refractivity contribution in [2.75, 3.05) is 23.8 Å². The second-order valence-corrected chi connectivity index (χ2v) is 9.95. The van der Waals surface area contributed by atoms with E-state index in [1.54, 1.807) is 6.20 Å². The van der Waals surface area contributed by atoms with Gasteiger partial charge in [-0.1, -0.05) is 7.43 Å². The van der Waals surface area contributed by atoms with Crippen LogP contribution in [0.4, 0.5) is 26.4 Å². The van der Waals surface area contributed by atoms with Gasteiger partial charge in [-0.15, -0.1) is 0 Å². The van der Waals surface area contributed by atoms with Crippen molar-refractivity contribution in [2.45, 2.75) is 82.8 Å². The summed E-state index contributed by atoms with van der Waals surface area (Å²) in [5.41, 5.74) is 1.34. The van der Waals surface area contributed by atoms with Gasteiger partial charge in [0.15, 0.2) is 11.4 Å². The Morgan fingerprint density at radius 2 is 1.73 bits per heavy atom.